The molecule has 1 aliphatic heterocycles. The lowest BCUT2D eigenvalue weighted by Crippen LogP contribution is -2.34. The van der Waals surface area contributed by atoms with Gasteiger partial charge in [0.25, 0.3) is 5.91 Å². The molecule has 0 radical (unpaired) electrons. The van der Waals surface area contributed by atoms with Gasteiger partial charge in [-0.05, 0) is 38.1 Å². The number of hydrogen-bond acceptors (Lipinski definition) is 4. The molecular weight excluding hydrogens is 302 g/mol. The van der Waals surface area contributed by atoms with E-state index in [1.807, 2.05) is 13.1 Å². The largest absolute Gasteiger partial charge is 0.459 e. The first kappa shape index (κ1) is 16.6. The van der Waals surface area contributed by atoms with E-state index in [0.717, 1.165) is 18.5 Å². The second-order valence-electron chi connectivity index (χ2n) is 6.41. The van der Waals surface area contributed by atoms with Crippen LogP contribution in [0.1, 0.15) is 28.6 Å². The third-order valence-corrected chi connectivity index (χ3v) is 4.67. The predicted octanol–water partition coefficient (Wildman–Crippen LogP) is 2.52. The van der Waals surface area contributed by atoms with Crippen molar-refractivity contribution >= 4 is 11.6 Å². The number of para-hydroxylation sites is 1. The van der Waals surface area contributed by atoms with Gasteiger partial charge in [-0.25, -0.2) is 0 Å². The minimum Gasteiger partial charge on any atom is -0.459 e. The third-order valence-electron chi connectivity index (χ3n) is 4.67. The molecule has 0 spiro atoms. The van der Waals surface area contributed by atoms with Crippen molar-refractivity contribution in [1.82, 2.24) is 10.2 Å². The van der Waals surface area contributed by atoms with Crippen LogP contribution in [-0.2, 0) is 13.0 Å². The van der Waals surface area contributed by atoms with Crippen molar-refractivity contribution in [2.24, 2.45) is 0 Å². The Kier molecular flexibility index (Phi) is 4.90. The smallest absolute Gasteiger partial charge is 0.289 e. The quantitative estimate of drug-likeness (QED) is 0.886. The first-order valence-corrected chi connectivity index (χ1v) is 8.42. The van der Waals surface area contributed by atoms with Crippen LogP contribution < -0.4 is 10.2 Å². The van der Waals surface area contributed by atoms with Crippen molar-refractivity contribution < 1.29 is 9.21 Å². The van der Waals surface area contributed by atoms with E-state index in [2.05, 4.69) is 41.4 Å². The summed E-state index contributed by atoms with van der Waals surface area (Å²) in [5.41, 5.74) is 3.57. The lowest BCUT2D eigenvalue weighted by Gasteiger charge is -2.25. The Morgan fingerprint density at radius 2 is 2.17 bits per heavy atom. The van der Waals surface area contributed by atoms with Gasteiger partial charge < -0.3 is 19.5 Å². The molecule has 3 rings (SSSR count). The van der Waals surface area contributed by atoms with Crippen molar-refractivity contribution in [2.45, 2.75) is 25.9 Å². The molecule has 1 aliphatic rings. The summed E-state index contributed by atoms with van der Waals surface area (Å²) in [6, 6.07) is 10.8. The number of hydrogen-bond donors (Lipinski definition) is 1. The molecule has 0 saturated carbocycles. The first-order valence-electron chi connectivity index (χ1n) is 8.42. The molecule has 0 saturated heterocycles. The van der Waals surface area contributed by atoms with Gasteiger partial charge in [0.15, 0.2) is 5.76 Å². The number of rotatable bonds is 6. The number of furan rings is 1. The zero-order chi connectivity index (χ0) is 17.1. The van der Waals surface area contributed by atoms with Crippen LogP contribution in [0.4, 0.5) is 5.69 Å². The van der Waals surface area contributed by atoms with E-state index in [1.165, 1.54) is 11.3 Å². The molecule has 0 bridgehead atoms. The van der Waals surface area contributed by atoms with E-state index in [4.69, 9.17) is 4.42 Å². The number of carbonyl (C=O) groups excluding carboxylic acids is 1. The highest BCUT2D eigenvalue weighted by Crippen LogP contribution is 2.33. The number of fused-ring (bicyclic) bond motifs is 1. The van der Waals surface area contributed by atoms with E-state index in [9.17, 15) is 4.79 Å². The Hall–Kier alpha value is -2.27. The number of amides is 1. The molecule has 1 unspecified atom stereocenters. The van der Waals surface area contributed by atoms with Crippen LogP contribution in [-0.4, -0.2) is 44.0 Å². The van der Waals surface area contributed by atoms with Crippen LogP contribution in [0.3, 0.4) is 0 Å². The standard InChI is InChI=1S/C19H25N3O2/c1-14-12-15-6-4-5-7-17(15)22(14)13-16-8-11-24-18(16)19(23)21(3)10-9-20-2/h4-8,11,14,20H,9-10,12-13H2,1-3H3. The second kappa shape index (κ2) is 7.09. The van der Waals surface area contributed by atoms with Crippen molar-refractivity contribution in [1.29, 1.82) is 0 Å². The Morgan fingerprint density at radius 1 is 1.38 bits per heavy atom. The lowest BCUT2D eigenvalue weighted by atomic mass is 10.1. The van der Waals surface area contributed by atoms with Gasteiger partial charge in [0, 0.05) is 44.0 Å². The highest BCUT2D eigenvalue weighted by molar-refractivity contribution is 5.92. The van der Waals surface area contributed by atoms with Gasteiger partial charge in [-0.15, -0.1) is 0 Å². The molecule has 24 heavy (non-hydrogen) atoms. The number of nitrogens with zero attached hydrogens (tertiary/aromatic N) is 2. The fourth-order valence-electron chi connectivity index (χ4n) is 3.26. The molecule has 1 atom stereocenters. The van der Waals surface area contributed by atoms with Gasteiger partial charge in [0.1, 0.15) is 0 Å². The van der Waals surface area contributed by atoms with Gasteiger partial charge in [-0.2, -0.15) is 0 Å². The average molecular weight is 327 g/mol. The van der Waals surface area contributed by atoms with Gasteiger partial charge in [-0.3, -0.25) is 4.79 Å². The zero-order valence-corrected chi connectivity index (χ0v) is 14.6. The van der Waals surface area contributed by atoms with Crippen molar-refractivity contribution in [3.05, 3.63) is 53.5 Å². The minimum atomic E-state index is -0.0645. The number of nitrogens with one attached hydrogen (secondary N) is 1. The van der Waals surface area contributed by atoms with E-state index in [-0.39, 0.29) is 5.91 Å². The normalized spacial score (nSPS) is 16.3. The number of carbonyl (C=O) groups is 1. The number of anilines is 1. The van der Waals surface area contributed by atoms with E-state index < -0.39 is 0 Å². The van der Waals surface area contributed by atoms with E-state index >= 15 is 0 Å². The summed E-state index contributed by atoms with van der Waals surface area (Å²) in [6.07, 6.45) is 2.65. The molecule has 5 heteroatoms. The van der Waals surface area contributed by atoms with Crippen LogP contribution in [0.25, 0.3) is 0 Å². The highest BCUT2D eigenvalue weighted by Gasteiger charge is 2.28. The van der Waals surface area contributed by atoms with Crippen LogP contribution in [0.5, 0.6) is 0 Å². The lowest BCUT2D eigenvalue weighted by molar-refractivity contribution is 0.0764. The predicted molar refractivity (Wildman–Crippen MR) is 95.4 cm³/mol. The Bertz CT molecular complexity index is 710. The van der Waals surface area contributed by atoms with Gasteiger partial charge in [0.05, 0.1) is 6.26 Å². The average Bonchev–Trinajstić information content (AvgIpc) is 3.17. The first-order chi connectivity index (χ1) is 11.6. The highest BCUT2D eigenvalue weighted by atomic mass is 16.3. The molecular formula is C19H25N3O2. The molecule has 2 heterocycles. The summed E-state index contributed by atoms with van der Waals surface area (Å²) >= 11 is 0. The maximum Gasteiger partial charge on any atom is 0.289 e. The van der Waals surface area contributed by atoms with Crippen LogP contribution >= 0.6 is 0 Å². The second-order valence-corrected chi connectivity index (χ2v) is 6.41. The van der Waals surface area contributed by atoms with Crippen LogP contribution in [0, 0.1) is 0 Å². The SMILES string of the molecule is CNCCN(C)C(=O)c1occc1CN1c2ccccc2CC1C. The van der Waals surface area contributed by atoms with E-state index in [1.54, 1.807) is 18.2 Å². The molecule has 5 nitrogen and oxygen atoms in total. The molecule has 128 valence electrons. The molecule has 1 amide bonds. The molecule has 0 aliphatic carbocycles. The van der Waals surface area contributed by atoms with Gasteiger partial charge in [-0.1, -0.05) is 18.2 Å². The summed E-state index contributed by atoms with van der Waals surface area (Å²) < 4.78 is 5.52. The third kappa shape index (κ3) is 3.17. The maximum atomic E-state index is 12.6. The van der Waals surface area contributed by atoms with Crippen LogP contribution in [0.15, 0.2) is 41.0 Å². The molecule has 2 aromatic rings. The summed E-state index contributed by atoms with van der Waals surface area (Å²) in [4.78, 5) is 16.7. The zero-order valence-electron chi connectivity index (χ0n) is 14.6. The summed E-state index contributed by atoms with van der Waals surface area (Å²) in [5.74, 6) is 0.385. The fraction of sp³-hybridized carbons (Fsp3) is 0.421. The molecule has 1 aromatic carbocycles. The number of likely N-dealkylation sites (N-methyl/N-ethyl adjacent to an activating group) is 2. The van der Waals surface area contributed by atoms with Gasteiger partial charge in [0.2, 0.25) is 0 Å². The topological polar surface area (TPSA) is 48.7 Å². The monoisotopic (exact) mass is 327 g/mol. The maximum absolute atomic E-state index is 12.6. The summed E-state index contributed by atoms with van der Waals surface area (Å²) in [5, 5.41) is 3.06. The molecule has 1 aromatic heterocycles. The minimum absolute atomic E-state index is 0.0645. The molecule has 0 fully saturated rings. The summed E-state index contributed by atoms with van der Waals surface area (Å²) in [7, 11) is 3.68. The fourth-order valence-corrected chi connectivity index (χ4v) is 3.26. The number of benzene rings is 1. The van der Waals surface area contributed by atoms with Crippen molar-refractivity contribution in [3.8, 4) is 0 Å². The Labute approximate surface area is 143 Å². The van der Waals surface area contributed by atoms with E-state index in [0.29, 0.717) is 24.9 Å². The Morgan fingerprint density at radius 3 is 2.96 bits per heavy atom. The summed E-state index contributed by atoms with van der Waals surface area (Å²) in [6.45, 7) is 4.32. The Balaban J connectivity index is 1.78. The van der Waals surface area contributed by atoms with Crippen molar-refractivity contribution in [2.75, 3.05) is 32.1 Å². The van der Waals surface area contributed by atoms with Crippen molar-refractivity contribution in [3.63, 3.8) is 0 Å². The molecule has 1 N–H and O–H groups in total. The van der Waals surface area contributed by atoms with Crippen LogP contribution in [0.2, 0.25) is 0 Å². The van der Waals surface area contributed by atoms with Gasteiger partial charge >= 0.3 is 0 Å².